The van der Waals surface area contributed by atoms with E-state index in [0.717, 1.165) is 17.7 Å². The number of rotatable bonds is 2. The van der Waals surface area contributed by atoms with Crippen molar-refractivity contribution in [3.63, 3.8) is 0 Å². The summed E-state index contributed by atoms with van der Waals surface area (Å²) in [6, 6.07) is 3.77. The molecule has 0 aliphatic heterocycles. The molecule has 19 heavy (non-hydrogen) atoms. The van der Waals surface area contributed by atoms with Gasteiger partial charge in [0.2, 0.25) is 0 Å². The molecule has 0 aromatic carbocycles. The van der Waals surface area contributed by atoms with Crippen molar-refractivity contribution in [2.45, 2.75) is 19.2 Å². The van der Waals surface area contributed by atoms with Gasteiger partial charge in [0.1, 0.15) is 6.10 Å². The van der Waals surface area contributed by atoms with Crippen LogP contribution in [-0.4, -0.2) is 15.1 Å². The lowest BCUT2D eigenvalue weighted by Crippen LogP contribution is -2.08. The molecule has 100 valence electrons. The van der Waals surface area contributed by atoms with Gasteiger partial charge >= 0.3 is 6.18 Å². The Morgan fingerprint density at radius 2 is 1.89 bits per heavy atom. The lowest BCUT2D eigenvalue weighted by atomic mass is 10.1. The predicted octanol–water partition coefficient (Wildman–Crippen LogP) is 2.89. The number of pyridine rings is 2. The number of aliphatic hydroxyl groups excluding tert-OH is 1. The second-order valence-corrected chi connectivity index (χ2v) is 4.17. The first-order valence-electron chi connectivity index (χ1n) is 5.50. The van der Waals surface area contributed by atoms with Gasteiger partial charge in [0, 0.05) is 24.2 Å². The van der Waals surface area contributed by atoms with Crippen molar-refractivity contribution >= 4 is 0 Å². The van der Waals surface area contributed by atoms with Crippen LogP contribution in [-0.2, 0) is 6.18 Å². The molecule has 0 spiro atoms. The Morgan fingerprint density at radius 1 is 1.16 bits per heavy atom. The fourth-order valence-corrected chi connectivity index (χ4v) is 1.63. The van der Waals surface area contributed by atoms with E-state index in [4.69, 9.17) is 0 Å². The minimum absolute atomic E-state index is 0.153. The zero-order valence-electron chi connectivity index (χ0n) is 10.0. The van der Waals surface area contributed by atoms with Crippen molar-refractivity contribution in [1.82, 2.24) is 9.97 Å². The van der Waals surface area contributed by atoms with E-state index in [9.17, 15) is 18.3 Å². The molecule has 6 heteroatoms. The standard InChI is InChI=1S/C13H11F3N2O/c1-8-4-9(6-17-5-8)12(19)11-3-2-10(7-18-11)13(14,15)16/h2-7,12,19H,1H3. The van der Waals surface area contributed by atoms with E-state index in [1.165, 1.54) is 6.20 Å². The summed E-state index contributed by atoms with van der Waals surface area (Å²) in [5.74, 6) is 0. The Morgan fingerprint density at radius 3 is 2.42 bits per heavy atom. The van der Waals surface area contributed by atoms with Crippen LogP contribution in [0, 0.1) is 6.92 Å². The fraction of sp³-hybridized carbons (Fsp3) is 0.231. The Bertz CT molecular complexity index is 567. The average Bonchev–Trinajstić information content (AvgIpc) is 2.37. The molecule has 0 radical (unpaired) electrons. The molecule has 0 saturated carbocycles. The zero-order chi connectivity index (χ0) is 14.0. The van der Waals surface area contributed by atoms with E-state index in [2.05, 4.69) is 9.97 Å². The number of alkyl halides is 3. The highest BCUT2D eigenvalue weighted by molar-refractivity contribution is 5.27. The van der Waals surface area contributed by atoms with Crippen molar-refractivity contribution in [1.29, 1.82) is 0 Å². The van der Waals surface area contributed by atoms with Crippen molar-refractivity contribution in [2.75, 3.05) is 0 Å². The van der Waals surface area contributed by atoms with Gasteiger partial charge in [-0.15, -0.1) is 0 Å². The van der Waals surface area contributed by atoms with E-state index in [0.29, 0.717) is 11.8 Å². The number of aryl methyl sites for hydroxylation is 1. The zero-order valence-corrected chi connectivity index (χ0v) is 10.0. The maximum atomic E-state index is 12.4. The molecule has 1 N–H and O–H groups in total. The second-order valence-electron chi connectivity index (χ2n) is 4.17. The van der Waals surface area contributed by atoms with E-state index in [1.54, 1.807) is 12.3 Å². The number of nitrogens with zero attached hydrogens (tertiary/aromatic N) is 2. The third kappa shape index (κ3) is 3.08. The van der Waals surface area contributed by atoms with Gasteiger partial charge in [-0.3, -0.25) is 9.97 Å². The van der Waals surface area contributed by atoms with Crippen LogP contribution in [0.15, 0.2) is 36.8 Å². The van der Waals surface area contributed by atoms with Gasteiger partial charge < -0.3 is 5.11 Å². The topological polar surface area (TPSA) is 46.0 Å². The molecule has 1 atom stereocenters. The minimum atomic E-state index is -4.43. The number of halogens is 3. The summed E-state index contributed by atoms with van der Waals surface area (Å²) in [6.45, 7) is 1.81. The molecule has 0 aliphatic rings. The van der Waals surface area contributed by atoms with Crippen LogP contribution in [0.5, 0.6) is 0 Å². The smallest absolute Gasteiger partial charge is 0.382 e. The highest BCUT2D eigenvalue weighted by atomic mass is 19.4. The van der Waals surface area contributed by atoms with E-state index < -0.39 is 17.8 Å². The molecule has 2 heterocycles. The van der Waals surface area contributed by atoms with Gasteiger partial charge in [-0.05, 0) is 24.6 Å². The predicted molar refractivity (Wildman–Crippen MR) is 62.3 cm³/mol. The maximum absolute atomic E-state index is 12.4. The largest absolute Gasteiger partial charge is 0.417 e. The molecular formula is C13H11F3N2O. The first kappa shape index (κ1) is 13.5. The number of aliphatic hydroxyl groups is 1. The van der Waals surface area contributed by atoms with E-state index in [-0.39, 0.29) is 5.69 Å². The SMILES string of the molecule is Cc1cncc(C(O)c2ccc(C(F)(F)F)cn2)c1. The number of aromatic nitrogens is 2. The number of hydrogen-bond acceptors (Lipinski definition) is 3. The summed E-state index contributed by atoms with van der Waals surface area (Å²) in [6.07, 6.45) is -1.73. The Kier molecular flexibility index (Phi) is 3.53. The van der Waals surface area contributed by atoms with E-state index in [1.807, 2.05) is 6.92 Å². The summed E-state index contributed by atoms with van der Waals surface area (Å²) in [4.78, 5) is 7.57. The van der Waals surface area contributed by atoms with Crippen LogP contribution in [0.3, 0.4) is 0 Å². The maximum Gasteiger partial charge on any atom is 0.417 e. The molecular weight excluding hydrogens is 257 g/mol. The summed E-state index contributed by atoms with van der Waals surface area (Å²) in [7, 11) is 0. The van der Waals surface area contributed by atoms with Gasteiger partial charge in [-0.25, -0.2) is 0 Å². The minimum Gasteiger partial charge on any atom is -0.382 e. The van der Waals surface area contributed by atoms with Crippen molar-refractivity contribution in [2.24, 2.45) is 0 Å². The summed E-state index contributed by atoms with van der Waals surface area (Å²) < 4.78 is 37.2. The summed E-state index contributed by atoms with van der Waals surface area (Å²) >= 11 is 0. The molecule has 0 amide bonds. The van der Waals surface area contributed by atoms with Crippen LogP contribution in [0.4, 0.5) is 13.2 Å². The fourth-order valence-electron chi connectivity index (χ4n) is 1.63. The van der Waals surface area contributed by atoms with Crippen molar-refractivity contribution in [3.05, 3.63) is 59.2 Å². The van der Waals surface area contributed by atoms with Crippen LogP contribution in [0.2, 0.25) is 0 Å². The molecule has 2 rings (SSSR count). The van der Waals surface area contributed by atoms with Gasteiger partial charge in [0.15, 0.2) is 0 Å². The molecule has 2 aromatic heterocycles. The highest BCUT2D eigenvalue weighted by Gasteiger charge is 2.31. The quantitative estimate of drug-likeness (QED) is 0.911. The molecule has 2 aromatic rings. The third-order valence-electron chi connectivity index (χ3n) is 2.61. The summed E-state index contributed by atoms with van der Waals surface area (Å²) in [5.41, 5.74) is 0.655. The highest BCUT2D eigenvalue weighted by Crippen LogP contribution is 2.29. The first-order valence-corrected chi connectivity index (χ1v) is 5.50. The normalized spacial score (nSPS) is 13.3. The molecule has 3 nitrogen and oxygen atoms in total. The van der Waals surface area contributed by atoms with Gasteiger partial charge in [-0.1, -0.05) is 6.07 Å². The Labute approximate surface area is 107 Å². The Hall–Kier alpha value is -1.95. The molecule has 0 saturated heterocycles. The van der Waals surface area contributed by atoms with Gasteiger partial charge in [0.25, 0.3) is 0 Å². The molecule has 0 bridgehead atoms. The first-order chi connectivity index (χ1) is 8.88. The lowest BCUT2D eigenvalue weighted by Gasteiger charge is -2.12. The summed E-state index contributed by atoms with van der Waals surface area (Å²) in [5, 5.41) is 10.0. The Balaban J connectivity index is 2.27. The van der Waals surface area contributed by atoms with Crippen molar-refractivity contribution in [3.8, 4) is 0 Å². The van der Waals surface area contributed by atoms with Crippen LogP contribution in [0.1, 0.15) is 28.5 Å². The lowest BCUT2D eigenvalue weighted by molar-refractivity contribution is -0.137. The molecule has 1 unspecified atom stereocenters. The van der Waals surface area contributed by atoms with Crippen LogP contribution >= 0.6 is 0 Å². The van der Waals surface area contributed by atoms with Crippen molar-refractivity contribution < 1.29 is 18.3 Å². The molecule has 0 fully saturated rings. The molecule has 0 aliphatic carbocycles. The van der Waals surface area contributed by atoms with Gasteiger partial charge in [-0.2, -0.15) is 13.2 Å². The average molecular weight is 268 g/mol. The van der Waals surface area contributed by atoms with Crippen LogP contribution in [0.25, 0.3) is 0 Å². The van der Waals surface area contributed by atoms with E-state index >= 15 is 0 Å². The number of hydrogen-bond donors (Lipinski definition) is 1. The third-order valence-corrected chi connectivity index (χ3v) is 2.61. The monoisotopic (exact) mass is 268 g/mol. The second kappa shape index (κ2) is 4.97. The van der Waals surface area contributed by atoms with Crippen LogP contribution < -0.4 is 0 Å². The van der Waals surface area contributed by atoms with Gasteiger partial charge in [0.05, 0.1) is 11.3 Å².